The standard InChI is InChI=1S/C16H24N2O2/c1-12-6-7-14(18(19)20)11-15(12)17-13-5-4-9-16(2,3)10-8-13/h6-7,11,13,17H,4-5,8-10H2,1-3H3. The first-order chi connectivity index (χ1) is 9.37. The highest BCUT2D eigenvalue weighted by Crippen LogP contribution is 2.35. The molecule has 2 rings (SSSR count). The van der Waals surface area contributed by atoms with Gasteiger partial charge in [0.15, 0.2) is 0 Å². The van der Waals surface area contributed by atoms with Crippen LogP contribution < -0.4 is 5.32 Å². The average molecular weight is 276 g/mol. The number of nitrogens with one attached hydrogen (secondary N) is 1. The molecule has 0 bridgehead atoms. The zero-order chi connectivity index (χ0) is 14.8. The van der Waals surface area contributed by atoms with Crippen molar-refractivity contribution >= 4 is 11.4 Å². The van der Waals surface area contributed by atoms with Gasteiger partial charge in [-0.25, -0.2) is 0 Å². The summed E-state index contributed by atoms with van der Waals surface area (Å²) in [5.74, 6) is 0. The molecule has 1 aromatic rings. The van der Waals surface area contributed by atoms with Gasteiger partial charge in [-0.15, -0.1) is 0 Å². The number of nitro benzene ring substituents is 1. The summed E-state index contributed by atoms with van der Waals surface area (Å²) in [5, 5.41) is 14.4. The van der Waals surface area contributed by atoms with Crippen LogP contribution in [0.5, 0.6) is 0 Å². The van der Waals surface area contributed by atoms with E-state index in [2.05, 4.69) is 19.2 Å². The Labute approximate surface area is 120 Å². The lowest BCUT2D eigenvalue weighted by Crippen LogP contribution is -2.19. The van der Waals surface area contributed by atoms with Crippen molar-refractivity contribution in [3.8, 4) is 0 Å². The van der Waals surface area contributed by atoms with Crippen LogP contribution in [0.2, 0.25) is 0 Å². The van der Waals surface area contributed by atoms with Crippen LogP contribution >= 0.6 is 0 Å². The number of non-ortho nitro benzene ring substituents is 1. The van der Waals surface area contributed by atoms with E-state index in [9.17, 15) is 10.1 Å². The average Bonchev–Trinajstić information content (AvgIpc) is 2.53. The molecule has 110 valence electrons. The van der Waals surface area contributed by atoms with Gasteiger partial charge in [-0.1, -0.05) is 26.3 Å². The summed E-state index contributed by atoms with van der Waals surface area (Å²) < 4.78 is 0. The summed E-state index contributed by atoms with van der Waals surface area (Å²) in [6.45, 7) is 6.65. The van der Waals surface area contributed by atoms with E-state index in [4.69, 9.17) is 0 Å². The molecule has 0 spiro atoms. The molecule has 1 atom stereocenters. The van der Waals surface area contributed by atoms with Gasteiger partial charge in [0.05, 0.1) is 4.92 Å². The molecule has 0 radical (unpaired) electrons. The quantitative estimate of drug-likeness (QED) is 0.495. The molecule has 1 aliphatic carbocycles. The molecule has 4 nitrogen and oxygen atoms in total. The van der Waals surface area contributed by atoms with Crippen LogP contribution in [0.1, 0.15) is 51.5 Å². The number of rotatable bonds is 3. The third kappa shape index (κ3) is 3.71. The molecule has 20 heavy (non-hydrogen) atoms. The summed E-state index contributed by atoms with van der Waals surface area (Å²) >= 11 is 0. The lowest BCUT2D eigenvalue weighted by atomic mass is 9.85. The SMILES string of the molecule is Cc1ccc([N+](=O)[O-])cc1NC1CCCC(C)(C)CC1. The van der Waals surface area contributed by atoms with E-state index in [1.165, 1.54) is 19.3 Å². The molecule has 0 saturated heterocycles. The van der Waals surface area contributed by atoms with Crippen molar-refractivity contribution in [2.75, 3.05) is 5.32 Å². The number of benzene rings is 1. The molecule has 1 aliphatic rings. The summed E-state index contributed by atoms with van der Waals surface area (Å²) in [5.41, 5.74) is 2.56. The Morgan fingerprint density at radius 3 is 2.75 bits per heavy atom. The number of hydrogen-bond donors (Lipinski definition) is 1. The van der Waals surface area contributed by atoms with Crippen molar-refractivity contribution in [1.29, 1.82) is 0 Å². The van der Waals surface area contributed by atoms with Crippen LogP contribution in [0.25, 0.3) is 0 Å². The number of anilines is 1. The fraction of sp³-hybridized carbons (Fsp3) is 0.625. The highest BCUT2D eigenvalue weighted by atomic mass is 16.6. The molecule has 1 unspecified atom stereocenters. The molecule has 0 aromatic heterocycles. The van der Waals surface area contributed by atoms with Crippen LogP contribution in [0.4, 0.5) is 11.4 Å². The minimum Gasteiger partial charge on any atom is -0.382 e. The van der Waals surface area contributed by atoms with Gasteiger partial charge >= 0.3 is 0 Å². The molecule has 1 saturated carbocycles. The zero-order valence-electron chi connectivity index (χ0n) is 12.6. The second-order valence-corrected chi connectivity index (χ2v) is 6.69. The Balaban J connectivity index is 2.09. The summed E-state index contributed by atoms with van der Waals surface area (Å²) in [7, 11) is 0. The molecule has 0 amide bonds. The maximum absolute atomic E-state index is 10.9. The van der Waals surface area contributed by atoms with Crippen LogP contribution in [0, 0.1) is 22.5 Å². The van der Waals surface area contributed by atoms with E-state index in [1.807, 2.05) is 13.0 Å². The lowest BCUT2D eigenvalue weighted by molar-refractivity contribution is -0.384. The zero-order valence-corrected chi connectivity index (χ0v) is 12.6. The first-order valence-corrected chi connectivity index (χ1v) is 7.39. The van der Waals surface area contributed by atoms with Crippen molar-refractivity contribution in [2.45, 2.75) is 58.9 Å². The van der Waals surface area contributed by atoms with Crippen LogP contribution in [-0.2, 0) is 0 Å². The highest BCUT2D eigenvalue weighted by molar-refractivity contribution is 5.57. The topological polar surface area (TPSA) is 55.2 Å². The molecule has 1 aromatic carbocycles. The molecule has 0 heterocycles. The Morgan fingerprint density at radius 2 is 2.05 bits per heavy atom. The molecular weight excluding hydrogens is 252 g/mol. The van der Waals surface area contributed by atoms with Crippen molar-refractivity contribution in [3.63, 3.8) is 0 Å². The van der Waals surface area contributed by atoms with Gasteiger partial charge in [-0.05, 0) is 43.6 Å². The minimum atomic E-state index is -0.333. The summed E-state index contributed by atoms with van der Waals surface area (Å²) in [4.78, 5) is 10.5. The fourth-order valence-electron chi connectivity index (χ4n) is 2.90. The molecule has 0 aliphatic heterocycles. The Hall–Kier alpha value is -1.58. The van der Waals surface area contributed by atoms with Crippen molar-refractivity contribution in [3.05, 3.63) is 33.9 Å². The van der Waals surface area contributed by atoms with Crippen molar-refractivity contribution in [2.24, 2.45) is 5.41 Å². The first kappa shape index (κ1) is 14.8. The Kier molecular flexibility index (Phi) is 4.31. The van der Waals surface area contributed by atoms with E-state index in [-0.39, 0.29) is 10.6 Å². The fourth-order valence-corrected chi connectivity index (χ4v) is 2.90. The van der Waals surface area contributed by atoms with E-state index in [0.29, 0.717) is 11.5 Å². The molecule has 1 fully saturated rings. The lowest BCUT2D eigenvalue weighted by Gasteiger charge is -2.22. The second-order valence-electron chi connectivity index (χ2n) is 6.69. The Bertz CT molecular complexity index is 497. The van der Waals surface area contributed by atoms with E-state index < -0.39 is 0 Å². The third-order valence-electron chi connectivity index (χ3n) is 4.37. The van der Waals surface area contributed by atoms with Gasteiger partial charge < -0.3 is 5.32 Å². The van der Waals surface area contributed by atoms with Gasteiger partial charge in [0.25, 0.3) is 5.69 Å². The summed E-state index contributed by atoms with van der Waals surface area (Å²) in [6, 6.07) is 5.47. The van der Waals surface area contributed by atoms with E-state index in [1.54, 1.807) is 12.1 Å². The van der Waals surface area contributed by atoms with Crippen LogP contribution in [0.15, 0.2) is 18.2 Å². The Morgan fingerprint density at radius 1 is 1.30 bits per heavy atom. The van der Waals surface area contributed by atoms with Gasteiger partial charge in [0.1, 0.15) is 0 Å². The molecular formula is C16H24N2O2. The third-order valence-corrected chi connectivity index (χ3v) is 4.37. The van der Waals surface area contributed by atoms with Gasteiger partial charge in [0.2, 0.25) is 0 Å². The van der Waals surface area contributed by atoms with Gasteiger partial charge in [-0.3, -0.25) is 10.1 Å². The normalized spacial score (nSPS) is 22.1. The minimum absolute atomic E-state index is 0.159. The maximum atomic E-state index is 10.9. The van der Waals surface area contributed by atoms with Gasteiger partial charge in [0, 0.05) is 23.9 Å². The predicted molar refractivity (Wildman–Crippen MR) is 82.1 cm³/mol. The number of hydrogen-bond acceptors (Lipinski definition) is 3. The van der Waals surface area contributed by atoms with Crippen LogP contribution in [-0.4, -0.2) is 11.0 Å². The largest absolute Gasteiger partial charge is 0.382 e. The number of nitrogens with zero attached hydrogens (tertiary/aromatic N) is 1. The monoisotopic (exact) mass is 276 g/mol. The molecule has 4 heteroatoms. The van der Waals surface area contributed by atoms with Crippen molar-refractivity contribution in [1.82, 2.24) is 0 Å². The number of nitro groups is 1. The predicted octanol–water partition coefficient (Wildman–Crippen LogP) is 4.67. The molecule has 1 N–H and O–H groups in total. The second kappa shape index (κ2) is 5.81. The maximum Gasteiger partial charge on any atom is 0.271 e. The van der Waals surface area contributed by atoms with E-state index >= 15 is 0 Å². The van der Waals surface area contributed by atoms with Crippen LogP contribution in [0.3, 0.4) is 0 Å². The summed E-state index contributed by atoms with van der Waals surface area (Å²) in [6.07, 6.45) is 5.97. The smallest absolute Gasteiger partial charge is 0.271 e. The van der Waals surface area contributed by atoms with Gasteiger partial charge in [-0.2, -0.15) is 0 Å². The highest BCUT2D eigenvalue weighted by Gasteiger charge is 2.24. The van der Waals surface area contributed by atoms with Crippen molar-refractivity contribution < 1.29 is 4.92 Å². The first-order valence-electron chi connectivity index (χ1n) is 7.39. The number of aryl methyl sites for hydroxylation is 1. The van der Waals surface area contributed by atoms with E-state index in [0.717, 1.165) is 24.1 Å².